The number of piperazine rings is 1. The molecule has 2 aromatic heterocycles. The van der Waals surface area contributed by atoms with Crippen LogP contribution in [0.15, 0.2) is 30.6 Å². The van der Waals surface area contributed by atoms with Gasteiger partial charge < -0.3 is 30.3 Å². The van der Waals surface area contributed by atoms with Crippen LogP contribution in [0.4, 0.5) is 23.7 Å². The van der Waals surface area contributed by atoms with Gasteiger partial charge in [-0.25, -0.2) is 9.78 Å². The minimum atomic E-state index is -4.67. The summed E-state index contributed by atoms with van der Waals surface area (Å²) in [6.07, 6.45) is -0.604. The predicted octanol–water partition coefficient (Wildman–Crippen LogP) is 3.06. The van der Waals surface area contributed by atoms with Crippen LogP contribution in [-0.4, -0.2) is 97.2 Å². The first-order valence-corrected chi connectivity index (χ1v) is 14.2. The molecule has 2 aliphatic heterocycles. The van der Waals surface area contributed by atoms with Crippen molar-refractivity contribution in [3.63, 3.8) is 0 Å². The Morgan fingerprint density at radius 2 is 1.72 bits per heavy atom. The first-order chi connectivity index (χ1) is 20.4. The van der Waals surface area contributed by atoms with E-state index in [0.717, 1.165) is 12.8 Å². The molecule has 0 spiro atoms. The highest BCUT2D eigenvalue weighted by atomic mass is 35.5. The van der Waals surface area contributed by atoms with Crippen LogP contribution in [0.1, 0.15) is 45.6 Å². The number of carbonyl (C=O) groups excluding carboxylic acids is 3. The second-order valence-corrected chi connectivity index (χ2v) is 11.4. The maximum absolute atomic E-state index is 13.7. The Morgan fingerprint density at radius 1 is 1.05 bits per heavy atom. The summed E-state index contributed by atoms with van der Waals surface area (Å²) >= 11 is 6.42. The molecule has 3 aromatic rings. The van der Waals surface area contributed by atoms with E-state index in [2.05, 4.69) is 15.4 Å². The van der Waals surface area contributed by atoms with Gasteiger partial charge in [0.2, 0.25) is 0 Å². The Hall–Kier alpha value is -4.11. The van der Waals surface area contributed by atoms with Crippen LogP contribution >= 0.6 is 11.6 Å². The fourth-order valence-corrected chi connectivity index (χ4v) is 5.54. The monoisotopic (exact) mass is 619 g/mol. The van der Waals surface area contributed by atoms with Crippen LogP contribution in [0.25, 0.3) is 11.3 Å². The Labute approximate surface area is 249 Å². The second-order valence-electron chi connectivity index (χ2n) is 11.0. The van der Waals surface area contributed by atoms with Crippen molar-refractivity contribution in [2.45, 2.75) is 31.1 Å². The van der Waals surface area contributed by atoms with Crippen LogP contribution in [0.3, 0.4) is 0 Å². The molecule has 3 fully saturated rings. The Kier molecular flexibility index (Phi) is 7.32. The van der Waals surface area contributed by atoms with Crippen molar-refractivity contribution in [3.8, 4) is 11.3 Å². The van der Waals surface area contributed by atoms with E-state index in [4.69, 9.17) is 17.3 Å². The van der Waals surface area contributed by atoms with E-state index >= 15 is 0 Å². The molecule has 1 aromatic carbocycles. The van der Waals surface area contributed by atoms with Gasteiger partial charge in [-0.1, -0.05) is 11.6 Å². The SMILES string of the molecule is Cn1c(-c2cn(C3CC3)nc2C(F)(F)F)cnc1C(=O)Nc1ccc(C(=O)N2CCN(C(=O)N3CC(N)C3)CC2)c(Cl)c1. The van der Waals surface area contributed by atoms with E-state index < -0.39 is 17.8 Å². The van der Waals surface area contributed by atoms with E-state index in [1.54, 1.807) is 14.7 Å². The number of nitrogens with two attached hydrogens (primary N) is 1. The van der Waals surface area contributed by atoms with Gasteiger partial charge in [-0.05, 0) is 31.0 Å². The van der Waals surface area contributed by atoms with Crippen molar-refractivity contribution >= 4 is 35.1 Å². The van der Waals surface area contributed by atoms with Crippen molar-refractivity contribution in [3.05, 3.63) is 52.7 Å². The van der Waals surface area contributed by atoms with Gasteiger partial charge in [0.1, 0.15) is 0 Å². The number of carbonyl (C=O) groups is 3. The van der Waals surface area contributed by atoms with Gasteiger partial charge in [0.05, 0.1) is 34.1 Å². The molecule has 4 heterocycles. The predicted molar refractivity (Wildman–Crippen MR) is 150 cm³/mol. The second kappa shape index (κ2) is 10.9. The van der Waals surface area contributed by atoms with Crippen molar-refractivity contribution in [2.24, 2.45) is 12.8 Å². The Bertz CT molecular complexity index is 1590. The van der Waals surface area contributed by atoms with E-state index in [9.17, 15) is 27.6 Å². The molecule has 0 unspecified atom stereocenters. The summed E-state index contributed by atoms with van der Waals surface area (Å²) in [5.74, 6) is -1.09. The van der Waals surface area contributed by atoms with Gasteiger partial charge >= 0.3 is 12.2 Å². The molecule has 3 N–H and O–H groups in total. The highest BCUT2D eigenvalue weighted by Gasteiger charge is 2.40. The molecule has 12 nitrogen and oxygen atoms in total. The number of hydrogen-bond donors (Lipinski definition) is 2. The first-order valence-electron chi connectivity index (χ1n) is 13.8. The Balaban J connectivity index is 1.11. The van der Waals surface area contributed by atoms with Crippen LogP contribution in [-0.2, 0) is 13.2 Å². The number of nitrogens with zero attached hydrogens (tertiary/aromatic N) is 7. The number of benzene rings is 1. The lowest BCUT2D eigenvalue weighted by Gasteiger charge is -2.42. The van der Waals surface area contributed by atoms with Crippen LogP contribution < -0.4 is 11.1 Å². The van der Waals surface area contributed by atoms with Gasteiger partial charge in [0.25, 0.3) is 11.8 Å². The lowest BCUT2D eigenvalue weighted by atomic mass is 10.1. The van der Waals surface area contributed by atoms with Crippen LogP contribution in [0, 0.1) is 0 Å². The molecular weight excluding hydrogens is 591 g/mol. The number of rotatable bonds is 5. The maximum Gasteiger partial charge on any atom is 0.435 e. The number of anilines is 1. The quantitative estimate of drug-likeness (QED) is 0.451. The van der Waals surface area contributed by atoms with Gasteiger partial charge in [0.15, 0.2) is 11.5 Å². The largest absolute Gasteiger partial charge is 0.435 e. The zero-order chi connectivity index (χ0) is 30.6. The van der Waals surface area contributed by atoms with Gasteiger partial charge in [-0.15, -0.1) is 0 Å². The third kappa shape index (κ3) is 5.66. The smallest absolute Gasteiger partial charge is 0.335 e. The summed E-state index contributed by atoms with van der Waals surface area (Å²) in [5.41, 5.74) is 5.18. The zero-order valence-corrected chi connectivity index (χ0v) is 23.9. The number of urea groups is 1. The topological polar surface area (TPSA) is 135 Å². The molecule has 2 saturated heterocycles. The highest BCUT2D eigenvalue weighted by Crippen LogP contribution is 2.41. The van der Waals surface area contributed by atoms with Gasteiger partial charge in [0, 0.05) is 64.2 Å². The molecule has 1 aliphatic carbocycles. The number of alkyl halides is 3. The first kappa shape index (κ1) is 29.0. The summed E-state index contributed by atoms with van der Waals surface area (Å²) in [4.78, 5) is 47.8. The molecule has 4 amide bonds. The van der Waals surface area contributed by atoms with Crippen molar-refractivity contribution in [1.29, 1.82) is 0 Å². The molecule has 6 rings (SSSR count). The molecule has 1 saturated carbocycles. The van der Waals surface area contributed by atoms with Crippen LogP contribution in [0.2, 0.25) is 5.02 Å². The molecule has 43 heavy (non-hydrogen) atoms. The molecule has 3 aliphatic rings. The summed E-state index contributed by atoms with van der Waals surface area (Å²) in [5, 5.41) is 6.51. The molecule has 0 atom stereocenters. The number of halogens is 4. The fraction of sp³-hybridized carbons (Fsp3) is 0.444. The minimum absolute atomic E-state index is 0.0111. The summed E-state index contributed by atoms with van der Waals surface area (Å²) in [7, 11) is 1.45. The highest BCUT2D eigenvalue weighted by molar-refractivity contribution is 6.34. The van der Waals surface area contributed by atoms with E-state index in [0.29, 0.717) is 39.3 Å². The number of hydrogen-bond acceptors (Lipinski definition) is 6. The Morgan fingerprint density at radius 3 is 2.33 bits per heavy atom. The van der Waals surface area contributed by atoms with Gasteiger partial charge in [-0.3, -0.25) is 14.3 Å². The normalized spacial score (nSPS) is 17.7. The molecule has 0 radical (unpaired) electrons. The molecule has 16 heteroatoms. The number of aromatic nitrogens is 4. The van der Waals surface area contributed by atoms with Crippen molar-refractivity contribution < 1.29 is 27.6 Å². The molecular formula is C27H29ClF3N9O3. The number of imidazole rings is 1. The third-order valence-corrected chi connectivity index (χ3v) is 8.18. The van der Waals surface area contributed by atoms with Gasteiger partial charge in [-0.2, -0.15) is 18.3 Å². The lowest BCUT2D eigenvalue weighted by molar-refractivity contribution is -0.141. The van der Waals surface area contributed by atoms with Crippen LogP contribution in [0.5, 0.6) is 0 Å². The average Bonchev–Trinajstić information content (AvgIpc) is 3.58. The lowest BCUT2D eigenvalue weighted by Crippen LogP contribution is -2.63. The number of amides is 4. The minimum Gasteiger partial charge on any atom is -0.335 e. The van der Waals surface area contributed by atoms with Crippen molar-refractivity contribution in [2.75, 3.05) is 44.6 Å². The average molecular weight is 620 g/mol. The van der Waals surface area contributed by atoms with Crippen molar-refractivity contribution in [1.82, 2.24) is 34.0 Å². The maximum atomic E-state index is 13.7. The molecule has 228 valence electrons. The number of likely N-dealkylation sites (tertiary alicyclic amines) is 1. The third-order valence-electron chi connectivity index (χ3n) is 7.86. The van der Waals surface area contributed by atoms with E-state index in [1.807, 2.05) is 0 Å². The standard InChI is InChI=1S/C27H29ClF3N9O3/c1-36-21(19-14-40(17-3-4-17)35-22(19)27(29,30)31)11-33-23(36)24(41)34-16-2-5-18(20(28)10-16)25(42)37-6-8-38(9-7-37)26(43)39-12-15(32)13-39/h2,5,10-11,14-15,17H,3-4,6-9,12-13,32H2,1H3,(H,34,41). The summed E-state index contributed by atoms with van der Waals surface area (Å²) < 4.78 is 43.8. The fourth-order valence-electron chi connectivity index (χ4n) is 5.28. The molecule has 0 bridgehead atoms. The zero-order valence-electron chi connectivity index (χ0n) is 23.1. The van der Waals surface area contributed by atoms with E-state index in [-0.39, 0.29) is 57.4 Å². The number of nitrogens with one attached hydrogen (secondary N) is 1. The summed E-state index contributed by atoms with van der Waals surface area (Å²) in [6, 6.07) is 4.29. The summed E-state index contributed by atoms with van der Waals surface area (Å²) in [6.45, 7) is 2.53. The van der Waals surface area contributed by atoms with E-state index in [1.165, 1.54) is 46.9 Å².